The minimum atomic E-state index is 0.176. The summed E-state index contributed by atoms with van der Waals surface area (Å²) in [6, 6.07) is 4.31. The maximum atomic E-state index is 6.07. The molecule has 0 saturated heterocycles. The molecule has 12 heavy (non-hydrogen) atoms. The number of aryl methyl sites for hydroxylation is 1. The van der Waals surface area contributed by atoms with Crippen LogP contribution in [0.1, 0.15) is 32.0 Å². The van der Waals surface area contributed by atoms with Gasteiger partial charge < -0.3 is 10.3 Å². The zero-order valence-electron chi connectivity index (χ0n) is 8.12. The Morgan fingerprint density at radius 2 is 2.25 bits per heavy atom. The molecule has 2 atom stereocenters. The highest BCUT2D eigenvalue weighted by atomic mass is 15.0. The normalized spacial score (nSPS) is 16.0. The van der Waals surface area contributed by atoms with E-state index in [4.69, 9.17) is 5.73 Å². The van der Waals surface area contributed by atoms with Crippen LogP contribution in [0.3, 0.4) is 0 Å². The number of nitrogens with zero attached hydrogens (tertiary/aromatic N) is 1. The summed E-state index contributed by atoms with van der Waals surface area (Å²) in [5.74, 6) is 0.554. The topological polar surface area (TPSA) is 30.9 Å². The third kappa shape index (κ3) is 1.69. The third-order valence-electron chi connectivity index (χ3n) is 2.58. The first-order valence-electron chi connectivity index (χ1n) is 4.53. The Balaban J connectivity index is 2.77. The number of nitrogens with two attached hydrogens (primary N) is 1. The third-order valence-corrected chi connectivity index (χ3v) is 2.58. The zero-order chi connectivity index (χ0) is 9.14. The van der Waals surface area contributed by atoms with Crippen LogP contribution in [-0.4, -0.2) is 4.57 Å². The van der Waals surface area contributed by atoms with Gasteiger partial charge in [0.05, 0.1) is 0 Å². The van der Waals surface area contributed by atoms with Crippen molar-refractivity contribution in [1.29, 1.82) is 0 Å². The first kappa shape index (κ1) is 9.33. The molecule has 1 unspecified atom stereocenters. The van der Waals surface area contributed by atoms with E-state index >= 15 is 0 Å². The molecule has 2 nitrogen and oxygen atoms in total. The maximum Gasteiger partial charge on any atom is 0.0475 e. The van der Waals surface area contributed by atoms with E-state index in [0.29, 0.717) is 5.92 Å². The standard InChI is InChI=1S/C10H18N2/c1-4-8(2)10(11)9-6-5-7-12(9)3/h5-8,10H,4,11H2,1-3H3/t8?,10-/m1/s1. The van der Waals surface area contributed by atoms with Crippen LogP contribution in [0, 0.1) is 5.92 Å². The smallest absolute Gasteiger partial charge is 0.0475 e. The molecule has 0 radical (unpaired) electrons. The average Bonchev–Trinajstić information content (AvgIpc) is 2.48. The van der Waals surface area contributed by atoms with Gasteiger partial charge in [-0.15, -0.1) is 0 Å². The van der Waals surface area contributed by atoms with Crippen LogP contribution in [-0.2, 0) is 7.05 Å². The molecule has 2 N–H and O–H groups in total. The van der Waals surface area contributed by atoms with Gasteiger partial charge in [-0.05, 0) is 18.1 Å². The summed E-state index contributed by atoms with van der Waals surface area (Å²) in [5, 5.41) is 0. The second kappa shape index (κ2) is 3.76. The largest absolute Gasteiger partial charge is 0.353 e. The second-order valence-electron chi connectivity index (χ2n) is 3.46. The van der Waals surface area contributed by atoms with Crippen LogP contribution in [0.25, 0.3) is 0 Å². The average molecular weight is 166 g/mol. The number of aromatic nitrogens is 1. The Bertz CT molecular complexity index is 240. The van der Waals surface area contributed by atoms with Gasteiger partial charge in [0.2, 0.25) is 0 Å². The lowest BCUT2D eigenvalue weighted by Crippen LogP contribution is -2.20. The Morgan fingerprint density at radius 3 is 2.67 bits per heavy atom. The van der Waals surface area contributed by atoms with Crippen molar-refractivity contribution in [3.8, 4) is 0 Å². The molecule has 0 aliphatic rings. The predicted octanol–water partition coefficient (Wildman–Crippen LogP) is 2.07. The molecule has 1 rings (SSSR count). The minimum Gasteiger partial charge on any atom is -0.353 e. The van der Waals surface area contributed by atoms with Gasteiger partial charge in [0.1, 0.15) is 0 Å². The summed E-state index contributed by atoms with van der Waals surface area (Å²) in [4.78, 5) is 0. The van der Waals surface area contributed by atoms with Crippen LogP contribution in [0.2, 0.25) is 0 Å². The number of hydrogen-bond donors (Lipinski definition) is 1. The van der Waals surface area contributed by atoms with E-state index in [9.17, 15) is 0 Å². The van der Waals surface area contributed by atoms with E-state index in [-0.39, 0.29) is 6.04 Å². The van der Waals surface area contributed by atoms with Gasteiger partial charge in [-0.25, -0.2) is 0 Å². The Labute approximate surface area is 74.4 Å². The fraction of sp³-hybridized carbons (Fsp3) is 0.600. The van der Waals surface area contributed by atoms with Gasteiger partial charge in [-0.2, -0.15) is 0 Å². The first-order valence-corrected chi connectivity index (χ1v) is 4.53. The van der Waals surface area contributed by atoms with Gasteiger partial charge in [0.15, 0.2) is 0 Å². The fourth-order valence-corrected chi connectivity index (χ4v) is 1.37. The molecule has 0 spiro atoms. The van der Waals surface area contributed by atoms with Crippen molar-refractivity contribution in [2.75, 3.05) is 0 Å². The minimum absolute atomic E-state index is 0.176. The molecule has 0 saturated carbocycles. The van der Waals surface area contributed by atoms with Crippen molar-refractivity contribution in [1.82, 2.24) is 4.57 Å². The zero-order valence-corrected chi connectivity index (χ0v) is 8.12. The van der Waals surface area contributed by atoms with Crippen LogP contribution < -0.4 is 5.73 Å². The summed E-state index contributed by atoms with van der Waals surface area (Å²) >= 11 is 0. The lowest BCUT2D eigenvalue weighted by molar-refractivity contribution is 0.439. The van der Waals surface area contributed by atoms with Crippen molar-refractivity contribution in [3.63, 3.8) is 0 Å². The van der Waals surface area contributed by atoms with E-state index in [1.165, 1.54) is 5.69 Å². The molecule has 1 aromatic rings. The molecule has 68 valence electrons. The summed E-state index contributed by atoms with van der Waals surface area (Å²) in [5.41, 5.74) is 7.30. The molecule has 0 aromatic carbocycles. The number of hydrogen-bond acceptors (Lipinski definition) is 1. The molecule has 1 heterocycles. The van der Waals surface area contributed by atoms with Crippen molar-refractivity contribution in [2.45, 2.75) is 26.3 Å². The van der Waals surface area contributed by atoms with Crippen LogP contribution >= 0.6 is 0 Å². The molecule has 0 fully saturated rings. The van der Waals surface area contributed by atoms with E-state index in [1.807, 2.05) is 19.3 Å². The highest BCUT2D eigenvalue weighted by Gasteiger charge is 2.14. The van der Waals surface area contributed by atoms with Gasteiger partial charge in [-0.1, -0.05) is 20.3 Å². The van der Waals surface area contributed by atoms with Gasteiger partial charge in [0, 0.05) is 25.0 Å². The molecular weight excluding hydrogens is 148 g/mol. The van der Waals surface area contributed by atoms with E-state index < -0.39 is 0 Å². The predicted molar refractivity (Wildman–Crippen MR) is 51.8 cm³/mol. The highest BCUT2D eigenvalue weighted by molar-refractivity contribution is 5.11. The van der Waals surface area contributed by atoms with Crippen LogP contribution in [0.15, 0.2) is 18.3 Å². The number of rotatable bonds is 3. The molecule has 0 amide bonds. The van der Waals surface area contributed by atoms with E-state index in [1.54, 1.807) is 0 Å². The second-order valence-corrected chi connectivity index (χ2v) is 3.46. The molecular formula is C10H18N2. The summed E-state index contributed by atoms with van der Waals surface area (Å²) in [7, 11) is 2.04. The monoisotopic (exact) mass is 166 g/mol. The Morgan fingerprint density at radius 1 is 1.58 bits per heavy atom. The summed E-state index contributed by atoms with van der Waals surface area (Å²) in [6.07, 6.45) is 3.17. The highest BCUT2D eigenvalue weighted by Crippen LogP contribution is 2.21. The quantitative estimate of drug-likeness (QED) is 0.732. The van der Waals surface area contributed by atoms with Gasteiger partial charge in [-0.3, -0.25) is 0 Å². The lowest BCUT2D eigenvalue weighted by Gasteiger charge is -2.18. The molecule has 1 aromatic heterocycles. The van der Waals surface area contributed by atoms with Crippen molar-refractivity contribution < 1.29 is 0 Å². The Kier molecular flexibility index (Phi) is 2.93. The molecule has 0 aliphatic carbocycles. The van der Waals surface area contributed by atoms with Crippen LogP contribution in [0.4, 0.5) is 0 Å². The summed E-state index contributed by atoms with van der Waals surface area (Å²) in [6.45, 7) is 4.37. The Hall–Kier alpha value is -0.760. The van der Waals surface area contributed by atoms with E-state index in [0.717, 1.165) is 6.42 Å². The molecule has 0 bridgehead atoms. The van der Waals surface area contributed by atoms with Crippen molar-refractivity contribution in [2.24, 2.45) is 18.7 Å². The van der Waals surface area contributed by atoms with Crippen LogP contribution in [0.5, 0.6) is 0 Å². The van der Waals surface area contributed by atoms with Gasteiger partial charge in [0.25, 0.3) is 0 Å². The van der Waals surface area contributed by atoms with Crippen molar-refractivity contribution >= 4 is 0 Å². The maximum absolute atomic E-state index is 6.07. The lowest BCUT2D eigenvalue weighted by atomic mass is 9.97. The van der Waals surface area contributed by atoms with Gasteiger partial charge >= 0.3 is 0 Å². The van der Waals surface area contributed by atoms with Crippen molar-refractivity contribution in [3.05, 3.63) is 24.0 Å². The first-order chi connectivity index (χ1) is 5.66. The molecule has 2 heteroatoms. The fourth-order valence-electron chi connectivity index (χ4n) is 1.37. The SMILES string of the molecule is CCC(C)[C@@H](N)c1cccn1C. The van der Waals surface area contributed by atoms with E-state index in [2.05, 4.69) is 24.5 Å². The molecule has 0 aliphatic heterocycles. The summed E-state index contributed by atoms with van der Waals surface area (Å²) < 4.78 is 2.09.